The van der Waals surface area contributed by atoms with Gasteiger partial charge in [-0.05, 0) is 30.3 Å². The zero-order chi connectivity index (χ0) is 13.9. The summed E-state index contributed by atoms with van der Waals surface area (Å²) in [5.74, 6) is 0. The first kappa shape index (κ1) is 13.0. The maximum Gasteiger partial charge on any atom is 0.416 e. The van der Waals surface area contributed by atoms with Gasteiger partial charge in [0.15, 0.2) is 0 Å². The van der Waals surface area contributed by atoms with Crippen LogP contribution in [-0.4, -0.2) is 0 Å². The van der Waals surface area contributed by atoms with E-state index < -0.39 is 11.7 Å². The van der Waals surface area contributed by atoms with E-state index in [9.17, 15) is 13.2 Å². The SMILES string of the molecule is N#Cc1cc(C(F)(F)F)ccc1Nc1ccccc1. The minimum absolute atomic E-state index is 0.0429. The normalized spacial score (nSPS) is 10.8. The number of nitriles is 1. The predicted molar refractivity (Wildman–Crippen MR) is 65.9 cm³/mol. The molecule has 19 heavy (non-hydrogen) atoms. The summed E-state index contributed by atoms with van der Waals surface area (Å²) >= 11 is 0. The number of hydrogen-bond acceptors (Lipinski definition) is 2. The first-order chi connectivity index (χ1) is 9.00. The van der Waals surface area contributed by atoms with E-state index in [1.165, 1.54) is 6.07 Å². The van der Waals surface area contributed by atoms with E-state index in [0.29, 0.717) is 11.4 Å². The molecule has 5 heteroatoms. The molecule has 96 valence electrons. The van der Waals surface area contributed by atoms with E-state index in [0.717, 1.165) is 12.1 Å². The topological polar surface area (TPSA) is 35.8 Å². The van der Waals surface area contributed by atoms with Gasteiger partial charge in [0.25, 0.3) is 0 Å². The number of anilines is 2. The van der Waals surface area contributed by atoms with Crippen molar-refractivity contribution < 1.29 is 13.2 Å². The minimum atomic E-state index is -4.45. The van der Waals surface area contributed by atoms with E-state index in [2.05, 4.69) is 5.32 Å². The van der Waals surface area contributed by atoms with Crippen molar-refractivity contribution in [1.82, 2.24) is 0 Å². The van der Waals surface area contributed by atoms with Crippen LogP contribution in [0, 0.1) is 11.3 Å². The molecule has 2 aromatic rings. The van der Waals surface area contributed by atoms with Gasteiger partial charge in [-0.3, -0.25) is 0 Å². The number of alkyl halides is 3. The van der Waals surface area contributed by atoms with Crippen LogP contribution in [0.4, 0.5) is 24.5 Å². The maximum absolute atomic E-state index is 12.5. The van der Waals surface area contributed by atoms with E-state index in [1.54, 1.807) is 30.3 Å². The fourth-order valence-corrected chi connectivity index (χ4v) is 1.60. The zero-order valence-corrected chi connectivity index (χ0v) is 9.70. The Morgan fingerprint density at radius 3 is 2.26 bits per heavy atom. The Kier molecular flexibility index (Phi) is 3.43. The highest BCUT2D eigenvalue weighted by molar-refractivity contribution is 5.67. The van der Waals surface area contributed by atoms with Crippen LogP contribution < -0.4 is 5.32 Å². The van der Waals surface area contributed by atoms with E-state index in [-0.39, 0.29) is 5.56 Å². The highest BCUT2D eigenvalue weighted by atomic mass is 19.4. The van der Waals surface area contributed by atoms with Crippen molar-refractivity contribution in [3.63, 3.8) is 0 Å². The summed E-state index contributed by atoms with van der Waals surface area (Å²) < 4.78 is 37.6. The summed E-state index contributed by atoms with van der Waals surface area (Å²) in [4.78, 5) is 0. The minimum Gasteiger partial charge on any atom is -0.354 e. The predicted octanol–water partition coefficient (Wildman–Crippen LogP) is 4.32. The Labute approximate surface area is 108 Å². The van der Waals surface area contributed by atoms with E-state index in [1.807, 2.05) is 6.07 Å². The summed E-state index contributed by atoms with van der Waals surface area (Å²) in [6, 6.07) is 13.7. The summed E-state index contributed by atoms with van der Waals surface area (Å²) in [5, 5.41) is 11.8. The van der Waals surface area contributed by atoms with E-state index >= 15 is 0 Å². The van der Waals surface area contributed by atoms with Crippen molar-refractivity contribution >= 4 is 11.4 Å². The first-order valence-corrected chi connectivity index (χ1v) is 5.44. The second-order valence-corrected chi connectivity index (χ2v) is 3.86. The molecule has 1 N–H and O–H groups in total. The van der Waals surface area contributed by atoms with Gasteiger partial charge in [0.1, 0.15) is 6.07 Å². The lowest BCUT2D eigenvalue weighted by Gasteiger charge is -2.11. The molecule has 0 fully saturated rings. The second-order valence-electron chi connectivity index (χ2n) is 3.86. The third-order valence-corrected chi connectivity index (χ3v) is 2.52. The molecule has 0 saturated carbocycles. The number of hydrogen-bond donors (Lipinski definition) is 1. The summed E-state index contributed by atoms with van der Waals surface area (Å²) in [6.45, 7) is 0. The van der Waals surface area contributed by atoms with Crippen molar-refractivity contribution in [3.05, 3.63) is 59.7 Å². The van der Waals surface area contributed by atoms with Crippen molar-refractivity contribution in [1.29, 1.82) is 5.26 Å². The van der Waals surface area contributed by atoms with Gasteiger partial charge in [0, 0.05) is 5.69 Å². The van der Waals surface area contributed by atoms with Gasteiger partial charge in [-0.1, -0.05) is 18.2 Å². The van der Waals surface area contributed by atoms with Gasteiger partial charge < -0.3 is 5.32 Å². The maximum atomic E-state index is 12.5. The molecule has 0 heterocycles. The fraction of sp³-hybridized carbons (Fsp3) is 0.0714. The zero-order valence-electron chi connectivity index (χ0n) is 9.70. The van der Waals surface area contributed by atoms with Crippen LogP contribution in [-0.2, 0) is 6.18 Å². The fourth-order valence-electron chi connectivity index (χ4n) is 1.60. The summed E-state index contributed by atoms with van der Waals surface area (Å²) in [5.41, 5.74) is 0.182. The molecule has 2 aromatic carbocycles. The molecule has 2 nitrogen and oxygen atoms in total. The standard InChI is InChI=1S/C14H9F3N2/c15-14(16,17)11-6-7-13(10(8-11)9-18)19-12-4-2-1-3-5-12/h1-8,19H. The third kappa shape index (κ3) is 3.05. The number of benzene rings is 2. The van der Waals surface area contributed by atoms with Crippen LogP contribution in [0.5, 0.6) is 0 Å². The summed E-state index contributed by atoms with van der Waals surface area (Å²) in [6.07, 6.45) is -4.45. The highest BCUT2D eigenvalue weighted by Gasteiger charge is 2.31. The lowest BCUT2D eigenvalue weighted by molar-refractivity contribution is -0.137. The Balaban J connectivity index is 2.35. The Morgan fingerprint density at radius 1 is 1.00 bits per heavy atom. The molecule has 0 radical (unpaired) electrons. The Bertz CT molecular complexity index is 613. The van der Waals surface area contributed by atoms with Crippen LogP contribution in [0.1, 0.15) is 11.1 Å². The van der Waals surface area contributed by atoms with Crippen LogP contribution in [0.3, 0.4) is 0 Å². The molecule has 0 saturated heterocycles. The van der Waals surface area contributed by atoms with E-state index in [4.69, 9.17) is 5.26 Å². The number of nitrogens with one attached hydrogen (secondary N) is 1. The van der Waals surface area contributed by atoms with Gasteiger partial charge in [-0.15, -0.1) is 0 Å². The lowest BCUT2D eigenvalue weighted by Crippen LogP contribution is -2.06. The molecule has 0 aliphatic rings. The molecule has 0 unspecified atom stereocenters. The average molecular weight is 262 g/mol. The quantitative estimate of drug-likeness (QED) is 0.874. The largest absolute Gasteiger partial charge is 0.416 e. The van der Waals surface area contributed by atoms with Crippen molar-refractivity contribution in [2.24, 2.45) is 0 Å². The van der Waals surface area contributed by atoms with Gasteiger partial charge in [0.2, 0.25) is 0 Å². The first-order valence-electron chi connectivity index (χ1n) is 5.44. The molecule has 0 aromatic heterocycles. The molecule has 0 spiro atoms. The van der Waals surface area contributed by atoms with Crippen molar-refractivity contribution in [2.75, 3.05) is 5.32 Å². The van der Waals surface area contributed by atoms with Crippen LogP contribution >= 0.6 is 0 Å². The molecular formula is C14H9F3N2. The lowest BCUT2D eigenvalue weighted by atomic mass is 10.1. The number of nitrogens with zero attached hydrogens (tertiary/aromatic N) is 1. The van der Waals surface area contributed by atoms with Crippen LogP contribution in [0.15, 0.2) is 48.5 Å². The van der Waals surface area contributed by atoms with Crippen molar-refractivity contribution in [2.45, 2.75) is 6.18 Å². The highest BCUT2D eigenvalue weighted by Crippen LogP contribution is 2.32. The molecule has 0 bridgehead atoms. The average Bonchev–Trinajstić information content (AvgIpc) is 2.39. The second kappa shape index (κ2) is 5.02. The monoisotopic (exact) mass is 262 g/mol. The van der Waals surface area contributed by atoms with Crippen molar-refractivity contribution in [3.8, 4) is 6.07 Å². The number of halogens is 3. The molecule has 2 rings (SSSR count). The molecule has 0 aliphatic heterocycles. The van der Waals surface area contributed by atoms with Gasteiger partial charge in [-0.25, -0.2) is 0 Å². The Morgan fingerprint density at radius 2 is 1.68 bits per heavy atom. The molecule has 0 atom stereocenters. The molecule has 0 aliphatic carbocycles. The van der Waals surface area contributed by atoms with Crippen LogP contribution in [0.25, 0.3) is 0 Å². The molecule has 0 amide bonds. The Hall–Kier alpha value is -2.48. The summed E-state index contributed by atoms with van der Waals surface area (Å²) in [7, 11) is 0. The third-order valence-electron chi connectivity index (χ3n) is 2.52. The van der Waals surface area contributed by atoms with Gasteiger partial charge >= 0.3 is 6.18 Å². The smallest absolute Gasteiger partial charge is 0.354 e. The number of rotatable bonds is 2. The molecular weight excluding hydrogens is 253 g/mol. The van der Waals surface area contributed by atoms with Crippen LogP contribution in [0.2, 0.25) is 0 Å². The number of para-hydroxylation sites is 1. The van der Waals surface area contributed by atoms with Gasteiger partial charge in [0.05, 0.1) is 16.8 Å². The van der Waals surface area contributed by atoms with Gasteiger partial charge in [-0.2, -0.15) is 18.4 Å².